The van der Waals surface area contributed by atoms with Crippen LogP contribution in [0.2, 0.25) is 5.15 Å². The second-order valence-corrected chi connectivity index (χ2v) is 4.59. The number of carbonyl (C=O) groups is 1. The summed E-state index contributed by atoms with van der Waals surface area (Å²) in [5.74, 6) is -0.467. The number of rotatable bonds is 2. The molecule has 0 radical (unpaired) electrons. The first-order chi connectivity index (χ1) is 7.72. The quantitative estimate of drug-likeness (QED) is 0.764. The van der Waals surface area contributed by atoms with Crippen molar-refractivity contribution in [1.29, 1.82) is 0 Å². The molecule has 1 fully saturated rings. The zero-order valence-electron chi connectivity index (χ0n) is 8.73. The van der Waals surface area contributed by atoms with Gasteiger partial charge in [-0.15, -0.1) is 0 Å². The average Bonchev–Trinajstić information content (AvgIpc) is 2.71. The molecule has 0 unspecified atom stereocenters. The van der Waals surface area contributed by atoms with Gasteiger partial charge >= 0.3 is 5.97 Å². The molecule has 1 aliphatic rings. The van der Waals surface area contributed by atoms with E-state index in [4.69, 9.17) is 16.4 Å². The highest BCUT2D eigenvalue weighted by atomic mass is 35.5. The molecule has 1 saturated heterocycles. The fraction of sp³-hybridized carbons (Fsp3) is 0.556. The number of thiazole rings is 1. The van der Waals surface area contributed by atoms with Gasteiger partial charge in [-0.1, -0.05) is 22.9 Å². The van der Waals surface area contributed by atoms with E-state index in [1.165, 1.54) is 18.4 Å². The summed E-state index contributed by atoms with van der Waals surface area (Å²) in [6.07, 6.45) is 2.09. The molecular weight excluding hydrogens is 252 g/mol. The third-order valence-corrected chi connectivity index (χ3v) is 3.59. The first kappa shape index (κ1) is 11.6. The lowest BCUT2D eigenvalue weighted by molar-refractivity contribution is 0.0606. The van der Waals surface area contributed by atoms with Crippen molar-refractivity contribution in [2.24, 2.45) is 0 Å². The van der Waals surface area contributed by atoms with Gasteiger partial charge in [0.1, 0.15) is 0 Å². The van der Waals surface area contributed by atoms with Crippen LogP contribution in [0.4, 0.5) is 5.13 Å². The fourth-order valence-electron chi connectivity index (χ4n) is 1.36. The molecule has 0 aromatic carbocycles. The Balaban J connectivity index is 2.19. The molecule has 1 aliphatic heterocycles. The van der Waals surface area contributed by atoms with Gasteiger partial charge in [-0.25, -0.2) is 14.8 Å². The summed E-state index contributed by atoms with van der Waals surface area (Å²) < 4.78 is 4.61. The van der Waals surface area contributed by atoms with Crippen LogP contribution in [0.5, 0.6) is 0 Å². The Hall–Kier alpha value is -0.850. The second-order valence-electron chi connectivity index (χ2n) is 3.25. The van der Waals surface area contributed by atoms with Gasteiger partial charge in [0.05, 0.1) is 13.7 Å². The Morgan fingerprint density at radius 2 is 2.44 bits per heavy atom. The molecule has 0 spiro atoms. The number of halogens is 1. The van der Waals surface area contributed by atoms with Crippen molar-refractivity contribution in [2.75, 3.05) is 25.3 Å². The number of hydroxylamine groups is 1. The summed E-state index contributed by atoms with van der Waals surface area (Å²) in [5.41, 5.74) is 0. The van der Waals surface area contributed by atoms with Crippen molar-refractivity contribution in [2.45, 2.75) is 12.8 Å². The van der Waals surface area contributed by atoms with Crippen LogP contribution in [-0.2, 0) is 9.57 Å². The van der Waals surface area contributed by atoms with Crippen molar-refractivity contribution in [1.82, 2.24) is 4.98 Å². The highest BCUT2D eigenvalue weighted by molar-refractivity contribution is 7.18. The molecule has 16 heavy (non-hydrogen) atoms. The molecule has 7 heteroatoms. The summed E-state index contributed by atoms with van der Waals surface area (Å²) in [5, 5.41) is 2.44. The Morgan fingerprint density at radius 1 is 1.62 bits per heavy atom. The molecule has 0 aliphatic carbocycles. The molecule has 0 saturated carbocycles. The van der Waals surface area contributed by atoms with Gasteiger partial charge in [0.2, 0.25) is 5.13 Å². The molecule has 1 aromatic rings. The summed E-state index contributed by atoms with van der Waals surface area (Å²) in [6, 6.07) is 0. The molecule has 2 heterocycles. The predicted molar refractivity (Wildman–Crippen MR) is 61.0 cm³/mol. The minimum absolute atomic E-state index is 0.168. The number of hydrogen-bond acceptors (Lipinski definition) is 6. The number of nitrogens with zero attached hydrogens (tertiary/aromatic N) is 2. The zero-order valence-corrected chi connectivity index (χ0v) is 10.3. The molecule has 1 aromatic heterocycles. The minimum atomic E-state index is -0.467. The van der Waals surface area contributed by atoms with Crippen LogP contribution in [-0.4, -0.2) is 31.2 Å². The van der Waals surface area contributed by atoms with Crippen LogP contribution in [0.3, 0.4) is 0 Å². The maximum Gasteiger partial charge on any atom is 0.351 e. The van der Waals surface area contributed by atoms with E-state index in [0.29, 0.717) is 16.6 Å². The van der Waals surface area contributed by atoms with Gasteiger partial charge in [-0.05, 0) is 12.8 Å². The van der Waals surface area contributed by atoms with E-state index in [0.717, 1.165) is 19.4 Å². The Morgan fingerprint density at radius 3 is 3.06 bits per heavy atom. The van der Waals surface area contributed by atoms with Crippen LogP contribution in [0.15, 0.2) is 0 Å². The van der Waals surface area contributed by atoms with Gasteiger partial charge in [-0.2, -0.15) is 0 Å². The molecule has 0 amide bonds. The maximum absolute atomic E-state index is 11.3. The van der Waals surface area contributed by atoms with Crippen molar-refractivity contribution in [3.8, 4) is 0 Å². The number of methoxy groups -OCH3 is 1. The maximum atomic E-state index is 11.3. The lowest BCUT2D eigenvalue weighted by Gasteiger charge is -2.24. The molecular formula is C9H11ClN2O3S. The molecule has 88 valence electrons. The molecule has 2 rings (SSSR count). The molecule has 0 bridgehead atoms. The Labute approximate surface area is 102 Å². The Kier molecular flexibility index (Phi) is 3.63. The second kappa shape index (κ2) is 4.99. The lowest BCUT2D eigenvalue weighted by atomic mass is 10.3. The molecule has 0 atom stereocenters. The fourth-order valence-corrected chi connectivity index (χ4v) is 2.55. The van der Waals surface area contributed by atoms with E-state index in [2.05, 4.69) is 9.72 Å². The first-order valence-corrected chi connectivity index (χ1v) is 6.07. The van der Waals surface area contributed by atoms with E-state index in [9.17, 15) is 4.79 Å². The van der Waals surface area contributed by atoms with Crippen LogP contribution in [0.25, 0.3) is 0 Å². The molecule has 0 N–H and O–H groups in total. The van der Waals surface area contributed by atoms with Gasteiger partial charge in [0.15, 0.2) is 10.0 Å². The van der Waals surface area contributed by atoms with E-state index >= 15 is 0 Å². The zero-order chi connectivity index (χ0) is 11.5. The van der Waals surface area contributed by atoms with Gasteiger partial charge in [0, 0.05) is 6.54 Å². The predicted octanol–water partition coefficient (Wildman–Crippen LogP) is 2.11. The van der Waals surface area contributed by atoms with Crippen LogP contribution < -0.4 is 5.06 Å². The smallest absolute Gasteiger partial charge is 0.351 e. The first-order valence-electron chi connectivity index (χ1n) is 4.87. The highest BCUT2D eigenvalue weighted by Gasteiger charge is 2.22. The number of carbonyl (C=O) groups excluding carboxylic acids is 1. The topological polar surface area (TPSA) is 51.7 Å². The molecule has 5 nitrogen and oxygen atoms in total. The summed E-state index contributed by atoms with van der Waals surface area (Å²) in [7, 11) is 1.31. The standard InChI is InChI=1S/C9H11ClN2O3S/c1-14-8(13)6-7(10)11-9(16-6)12-4-2-3-5-15-12/h2-5H2,1H3. The number of hydrogen-bond donors (Lipinski definition) is 0. The number of aromatic nitrogens is 1. The lowest BCUT2D eigenvalue weighted by Crippen LogP contribution is -2.29. The van der Waals surface area contributed by atoms with Gasteiger partial charge in [-0.3, -0.25) is 4.84 Å². The summed E-state index contributed by atoms with van der Waals surface area (Å²) in [6.45, 7) is 1.44. The van der Waals surface area contributed by atoms with Crippen LogP contribution >= 0.6 is 22.9 Å². The summed E-state index contributed by atoms with van der Waals surface area (Å²) in [4.78, 5) is 21.2. The van der Waals surface area contributed by atoms with Crippen molar-refractivity contribution in [3.63, 3.8) is 0 Å². The normalized spacial score (nSPS) is 16.2. The Bertz CT molecular complexity index is 390. The van der Waals surface area contributed by atoms with E-state index in [1.807, 2.05) is 0 Å². The van der Waals surface area contributed by atoms with Crippen molar-refractivity contribution >= 4 is 34.0 Å². The van der Waals surface area contributed by atoms with Gasteiger partial charge in [0.25, 0.3) is 0 Å². The number of anilines is 1. The largest absolute Gasteiger partial charge is 0.465 e. The van der Waals surface area contributed by atoms with Crippen molar-refractivity contribution < 1.29 is 14.4 Å². The minimum Gasteiger partial charge on any atom is -0.465 e. The van der Waals surface area contributed by atoms with E-state index in [1.54, 1.807) is 5.06 Å². The number of esters is 1. The third-order valence-electron chi connectivity index (χ3n) is 2.16. The number of ether oxygens (including phenoxy) is 1. The van der Waals surface area contributed by atoms with Crippen molar-refractivity contribution in [3.05, 3.63) is 10.0 Å². The monoisotopic (exact) mass is 262 g/mol. The van der Waals surface area contributed by atoms with Gasteiger partial charge < -0.3 is 4.74 Å². The van der Waals surface area contributed by atoms with Crippen LogP contribution in [0.1, 0.15) is 22.5 Å². The SMILES string of the molecule is COC(=O)c1sc(N2CCCCO2)nc1Cl. The van der Waals surface area contributed by atoms with E-state index < -0.39 is 5.97 Å². The summed E-state index contributed by atoms with van der Waals surface area (Å²) >= 11 is 7.04. The van der Waals surface area contributed by atoms with E-state index in [-0.39, 0.29) is 5.15 Å². The average molecular weight is 263 g/mol. The van der Waals surface area contributed by atoms with Crippen LogP contribution in [0, 0.1) is 0 Å². The highest BCUT2D eigenvalue weighted by Crippen LogP contribution is 2.31. The third kappa shape index (κ3) is 2.28.